The Morgan fingerprint density at radius 2 is 2.16 bits per heavy atom. The van der Waals surface area contributed by atoms with E-state index < -0.39 is 5.97 Å². The van der Waals surface area contributed by atoms with Crippen molar-refractivity contribution < 1.29 is 19.7 Å². The third-order valence-electron chi connectivity index (χ3n) is 3.17. The molecule has 1 aromatic carbocycles. The fourth-order valence-electron chi connectivity index (χ4n) is 1.90. The predicted molar refractivity (Wildman–Crippen MR) is 70.5 cm³/mol. The number of hydrogen-bond donors (Lipinski definition) is 3. The molecule has 1 aliphatic rings. The largest absolute Gasteiger partial charge is 0.491 e. The molecule has 0 bridgehead atoms. The van der Waals surface area contributed by atoms with E-state index in [1.54, 1.807) is 18.2 Å². The lowest BCUT2D eigenvalue weighted by Crippen LogP contribution is -2.31. The molecule has 1 unspecified atom stereocenters. The van der Waals surface area contributed by atoms with Gasteiger partial charge in [-0.15, -0.1) is 0 Å². The molecule has 1 saturated carbocycles. The van der Waals surface area contributed by atoms with E-state index in [1.165, 1.54) is 6.07 Å². The van der Waals surface area contributed by atoms with Crippen molar-refractivity contribution in [3.05, 3.63) is 29.8 Å². The molecule has 1 aliphatic carbocycles. The van der Waals surface area contributed by atoms with E-state index in [2.05, 4.69) is 5.32 Å². The summed E-state index contributed by atoms with van der Waals surface area (Å²) in [7, 11) is 0. The van der Waals surface area contributed by atoms with Gasteiger partial charge in [-0.1, -0.05) is 12.1 Å². The van der Waals surface area contributed by atoms with Crippen molar-refractivity contribution >= 4 is 5.97 Å². The molecule has 1 aromatic rings. The summed E-state index contributed by atoms with van der Waals surface area (Å²) in [6, 6.07) is 6.57. The van der Waals surface area contributed by atoms with Crippen molar-refractivity contribution in [2.45, 2.75) is 18.9 Å². The summed E-state index contributed by atoms with van der Waals surface area (Å²) in [5, 5.41) is 21.7. The number of benzene rings is 1. The second kappa shape index (κ2) is 6.54. The van der Waals surface area contributed by atoms with E-state index in [0.29, 0.717) is 31.4 Å². The molecule has 3 N–H and O–H groups in total. The number of aromatic carboxylic acids is 1. The van der Waals surface area contributed by atoms with Gasteiger partial charge >= 0.3 is 5.97 Å². The average molecular weight is 265 g/mol. The van der Waals surface area contributed by atoms with Gasteiger partial charge in [0.25, 0.3) is 0 Å². The number of aliphatic hydroxyl groups excluding tert-OH is 1. The topological polar surface area (TPSA) is 78.8 Å². The van der Waals surface area contributed by atoms with Gasteiger partial charge in [0.1, 0.15) is 17.9 Å². The Morgan fingerprint density at radius 3 is 2.84 bits per heavy atom. The van der Waals surface area contributed by atoms with Crippen LogP contribution in [0.1, 0.15) is 23.2 Å². The van der Waals surface area contributed by atoms with Crippen molar-refractivity contribution in [1.82, 2.24) is 5.32 Å². The fourth-order valence-corrected chi connectivity index (χ4v) is 1.90. The van der Waals surface area contributed by atoms with Crippen LogP contribution in [0.2, 0.25) is 0 Å². The number of para-hydroxylation sites is 1. The smallest absolute Gasteiger partial charge is 0.339 e. The van der Waals surface area contributed by atoms with Gasteiger partial charge < -0.3 is 20.3 Å². The Morgan fingerprint density at radius 1 is 1.42 bits per heavy atom. The van der Waals surface area contributed by atoms with Crippen molar-refractivity contribution in [2.75, 3.05) is 19.7 Å². The highest BCUT2D eigenvalue weighted by Gasteiger charge is 2.28. The fraction of sp³-hybridized carbons (Fsp3) is 0.500. The Balaban J connectivity index is 1.69. The number of carboxylic acid groups (broad SMARTS) is 1. The van der Waals surface area contributed by atoms with E-state index in [9.17, 15) is 9.90 Å². The van der Waals surface area contributed by atoms with Crippen molar-refractivity contribution in [1.29, 1.82) is 0 Å². The molecule has 0 heterocycles. The van der Waals surface area contributed by atoms with E-state index >= 15 is 0 Å². The van der Waals surface area contributed by atoms with Gasteiger partial charge in [0.2, 0.25) is 0 Å². The number of carbonyl (C=O) groups is 1. The summed E-state index contributed by atoms with van der Waals surface area (Å²) < 4.78 is 5.43. The third kappa shape index (κ3) is 4.22. The summed E-state index contributed by atoms with van der Waals surface area (Å²) in [6.45, 7) is 1.52. The highest BCUT2D eigenvalue weighted by Crippen LogP contribution is 2.32. The number of nitrogens with one attached hydrogen (secondary N) is 1. The molecule has 0 amide bonds. The summed E-state index contributed by atoms with van der Waals surface area (Å²) >= 11 is 0. The molecule has 2 rings (SSSR count). The van der Waals surface area contributed by atoms with Crippen LogP contribution in [0.5, 0.6) is 5.75 Å². The molecule has 0 aliphatic heterocycles. The number of rotatable bonds is 8. The standard InChI is InChI=1S/C14H19NO4/c16-12(10-5-6-10)9-15-7-8-19-13-4-2-1-3-11(13)14(17)18/h1-4,10,12,15-16H,5-9H2,(H,17,18). The molecule has 0 spiro atoms. The number of carboxylic acids is 1. The number of ether oxygens (including phenoxy) is 1. The van der Waals surface area contributed by atoms with Crippen molar-refractivity contribution in [2.24, 2.45) is 5.92 Å². The molecule has 104 valence electrons. The zero-order chi connectivity index (χ0) is 13.7. The van der Waals surface area contributed by atoms with Crippen LogP contribution in [-0.4, -0.2) is 42.0 Å². The van der Waals surface area contributed by atoms with Crippen LogP contribution in [0, 0.1) is 5.92 Å². The zero-order valence-electron chi connectivity index (χ0n) is 10.7. The van der Waals surface area contributed by atoms with Gasteiger partial charge in [0, 0.05) is 13.1 Å². The zero-order valence-corrected chi connectivity index (χ0v) is 10.7. The summed E-state index contributed by atoms with van der Waals surface area (Å²) in [6.07, 6.45) is 1.96. The lowest BCUT2D eigenvalue weighted by atomic mass is 10.2. The summed E-state index contributed by atoms with van der Waals surface area (Å²) in [4.78, 5) is 11.0. The number of aliphatic hydroxyl groups is 1. The van der Waals surface area contributed by atoms with E-state index in [0.717, 1.165) is 12.8 Å². The Hall–Kier alpha value is -1.59. The molecule has 0 saturated heterocycles. The van der Waals surface area contributed by atoms with Gasteiger partial charge in [-0.2, -0.15) is 0 Å². The van der Waals surface area contributed by atoms with E-state index in [4.69, 9.17) is 9.84 Å². The highest BCUT2D eigenvalue weighted by atomic mass is 16.5. The minimum absolute atomic E-state index is 0.167. The molecular weight excluding hydrogens is 246 g/mol. The number of hydrogen-bond acceptors (Lipinski definition) is 4. The van der Waals surface area contributed by atoms with Gasteiger partial charge in [-0.05, 0) is 30.9 Å². The minimum atomic E-state index is -0.993. The first-order valence-corrected chi connectivity index (χ1v) is 6.52. The van der Waals surface area contributed by atoms with Gasteiger partial charge in [-0.25, -0.2) is 4.79 Å². The maximum absolute atomic E-state index is 11.0. The molecule has 1 atom stereocenters. The Bertz CT molecular complexity index is 431. The molecule has 5 nitrogen and oxygen atoms in total. The first-order chi connectivity index (χ1) is 9.18. The molecular formula is C14H19NO4. The van der Waals surface area contributed by atoms with Gasteiger partial charge in [-0.3, -0.25) is 0 Å². The van der Waals surface area contributed by atoms with Crippen molar-refractivity contribution in [3.8, 4) is 5.75 Å². The lowest BCUT2D eigenvalue weighted by molar-refractivity contribution is 0.0692. The average Bonchev–Trinajstić information content (AvgIpc) is 3.22. The minimum Gasteiger partial charge on any atom is -0.491 e. The maximum Gasteiger partial charge on any atom is 0.339 e. The van der Waals surface area contributed by atoms with Crippen LogP contribution < -0.4 is 10.1 Å². The quantitative estimate of drug-likeness (QED) is 0.614. The monoisotopic (exact) mass is 265 g/mol. The normalized spacial score (nSPS) is 16.1. The second-order valence-corrected chi connectivity index (χ2v) is 4.76. The van der Waals surface area contributed by atoms with Crippen molar-refractivity contribution in [3.63, 3.8) is 0 Å². The molecule has 0 radical (unpaired) electrons. The van der Waals surface area contributed by atoms with Crippen LogP contribution in [-0.2, 0) is 0 Å². The van der Waals surface area contributed by atoms with E-state index in [-0.39, 0.29) is 11.7 Å². The molecule has 1 fully saturated rings. The Labute approximate surface area is 112 Å². The maximum atomic E-state index is 11.0. The lowest BCUT2D eigenvalue weighted by Gasteiger charge is -2.12. The summed E-state index contributed by atoms with van der Waals surface area (Å²) in [5.41, 5.74) is 0.167. The SMILES string of the molecule is O=C(O)c1ccccc1OCCNCC(O)C1CC1. The van der Waals surface area contributed by atoms with Gasteiger partial charge in [0.15, 0.2) is 0 Å². The van der Waals surface area contributed by atoms with Crippen LogP contribution in [0.3, 0.4) is 0 Å². The van der Waals surface area contributed by atoms with Crippen LogP contribution >= 0.6 is 0 Å². The first kappa shape index (κ1) is 13.8. The molecule has 0 aromatic heterocycles. The predicted octanol–water partition coefficient (Wildman–Crippen LogP) is 1.12. The van der Waals surface area contributed by atoms with Gasteiger partial charge in [0.05, 0.1) is 6.10 Å². The third-order valence-corrected chi connectivity index (χ3v) is 3.17. The second-order valence-electron chi connectivity index (χ2n) is 4.76. The molecule has 5 heteroatoms. The van der Waals surface area contributed by atoms with Crippen LogP contribution in [0.25, 0.3) is 0 Å². The first-order valence-electron chi connectivity index (χ1n) is 6.52. The Kier molecular flexibility index (Phi) is 4.76. The highest BCUT2D eigenvalue weighted by molar-refractivity contribution is 5.90. The van der Waals surface area contributed by atoms with E-state index in [1.807, 2.05) is 0 Å². The molecule has 19 heavy (non-hydrogen) atoms. The van der Waals surface area contributed by atoms with Crippen LogP contribution in [0.15, 0.2) is 24.3 Å². The summed E-state index contributed by atoms with van der Waals surface area (Å²) in [5.74, 6) is -0.159. The van der Waals surface area contributed by atoms with Crippen LogP contribution in [0.4, 0.5) is 0 Å².